The van der Waals surface area contributed by atoms with Crippen LogP contribution in [0.5, 0.6) is 0 Å². The highest BCUT2D eigenvalue weighted by atomic mass is 16.3. The van der Waals surface area contributed by atoms with E-state index in [2.05, 4.69) is 10.3 Å². The Kier molecular flexibility index (Phi) is 4.68. The summed E-state index contributed by atoms with van der Waals surface area (Å²) in [5.74, 6) is 0.0945. The van der Waals surface area contributed by atoms with Crippen LogP contribution in [-0.2, 0) is 6.42 Å². The van der Waals surface area contributed by atoms with Gasteiger partial charge in [-0.3, -0.25) is 4.79 Å². The van der Waals surface area contributed by atoms with Crippen LogP contribution >= 0.6 is 0 Å². The highest BCUT2D eigenvalue weighted by Crippen LogP contribution is 2.10. The number of pyridine rings is 1. The minimum Gasteiger partial charge on any atom is -0.394 e. The highest BCUT2D eigenvalue weighted by molar-refractivity contribution is 5.92. The number of amides is 1. The maximum absolute atomic E-state index is 11.0. The summed E-state index contributed by atoms with van der Waals surface area (Å²) < 4.78 is 0. The third kappa shape index (κ3) is 3.80. The van der Waals surface area contributed by atoms with Crippen LogP contribution in [0.4, 0.5) is 5.82 Å². The quantitative estimate of drug-likeness (QED) is 0.736. The first-order valence-electron chi connectivity index (χ1n) is 6.36. The lowest BCUT2D eigenvalue weighted by atomic mass is 10.1. The van der Waals surface area contributed by atoms with E-state index in [1.54, 1.807) is 12.1 Å². The van der Waals surface area contributed by atoms with Crippen LogP contribution in [-0.4, -0.2) is 28.6 Å². The Morgan fingerprint density at radius 2 is 2.00 bits per heavy atom. The largest absolute Gasteiger partial charge is 0.394 e. The summed E-state index contributed by atoms with van der Waals surface area (Å²) in [7, 11) is 0. The Morgan fingerprint density at radius 3 is 2.55 bits per heavy atom. The monoisotopic (exact) mass is 271 g/mol. The number of hydrogen-bond donors (Lipinski definition) is 3. The van der Waals surface area contributed by atoms with Gasteiger partial charge in [-0.25, -0.2) is 4.98 Å². The van der Waals surface area contributed by atoms with Crippen LogP contribution < -0.4 is 11.1 Å². The van der Waals surface area contributed by atoms with E-state index in [4.69, 9.17) is 5.73 Å². The molecule has 0 aliphatic rings. The van der Waals surface area contributed by atoms with Gasteiger partial charge in [-0.05, 0) is 24.1 Å². The number of carbonyl (C=O) groups is 1. The number of nitrogens with one attached hydrogen (secondary N) is 1. The van der Waals surface area contributed by atoms with Gasteiger partial charge in [0.1, 0.15) is 5.82 Å². The summed E-state index contributed by atoms with van der Waals surface area (Å²) in [6.45, 7) is -0.00581. The predicted molar refractivity (Wildman–Crippen MR) is 77.4 cm³/mol. The fourth-order valence-corrected chi connectivity index (χ4v) is 1.89. The van der Waals surface area contributed by atoms with Gasteiger partial charge in [0.05, 0.1) is 18.2 Å². The molecule has 5 heteroatoms. The topological polar surface area (TPSA) is 88.2 Å². The minimum absolute atomic E-state index is 0.00581. The van der Waals surface area contributed by atoms with Gasteiger partial charge in [0.2, 0.25) is 5.91 Å². The molecule has 0 spiro atoms. The number of aromatic nitrogens is 1. The molecule has 1 atom stereocenters. The fourth-order valence-electron chi connectivity index (χ4n) is 1.89. The van der Waals surface area contributed by atoms with Crippen molar-refractivity contribution in [2.24, 2.45) is 5.73 Å². The van der Waals surface area contributed by atoms with Gasteiger partial charge < -0.3 is 16.2 Å². The van der Waals surface area contributed by atoms with Crippen molar-refractivity contribution in [1.29, 1.82) is 0 Å². The molecule has 0 fully saturated rings. The smallest absolute Gasteiger partial charge is 0.250 e. The average molecular weight is 271 g/mol. The lowest BCUT2D eigenvalue weighted by Gasteiger charge is -2.17. The molecule has 0 radical (unpaired) electrons. The minimum atomic E-state index is -0.507. The van der Waals surface area contributed by atoms with Gasteiger partial charge >= 0.3 is 0 Å². The van der Waals surface area contributed by atoms with Gasteiger partial charge in [-0.15, -0.1) is 0 Å². The Balaban J connectivity index is 2.01. The van der Waals surface area contributed by atoms with E-state index < -0.39 is 5.91 Å². The molecule has 1 amide bonds. The number of rotatable bonds is 6. The molecule has 0 bridgehead atoms. The number of anilines is 1. The zero-order chi connectivity index (χ0) is 14.4. The number of primary amides is 1. The fraction of sp³-hybridized carbons (Fsp3) is 0.200. The standard InChI is InChI=1S/C15H17N3O2/c16-15(20)12-6-7-14(17-9-12)18-13(10-19)8-11-4-2-1-3-5-11/h1-7,9,13,19H,8,10H2,(H2,16,20)(H,17,18). The number of hydrogen-bond acceptors (Lipinski definition) is 4. The van der Waals surface area contributed by atoms with Gasteiger partial charge in [-0.2, -0.15) is 0 Å². The average Bonchev–Trinajstić information content (AvgIpc) is 2.48. The van der Waals surface area contributed by atoms with E-state index in [-0.39, 0.29) is 12.6 Å². The first-order chi connectivity index (χ1) is 9.69. The molecular weight excluding hydrogens is 254 g/mol. The number of aliphatic hydroxyl groups is 1. The molecule has 1 unspecified atom stereocenters. The summed E-state index contributed by atoms with van der Waals surface area (Å²) in [6.07, 6.45) is 2.11. The van der Waals surface area contributed by atoms with Crippen LogP contribution in [0.2, 0.25) is 0 Å². The Bertz CT molecular complexity index is 555. The van der Waals surface area contributed by atoms with Gasteiger partial charge in [-0.1, -0.05) is 30.3 Å². The summed E-state index contributed by atoms with van der Waals surface area (Å²) in [5, 5.41) is 12.6. The summed E-state index contributed by atoms with van der Waals surface area (Å²) in [6, 6.07) is 13.0. The van der Waals surface area contributed by atoms with Gasteiger partial charge in [0, 0.05) is 6.20 Å². The van der Waals surface area contributed by atoms with E-state index in [0.29, 0.717) is 17.8 Å². The molecule has 5 nitrogen and oxygen atoms in total. The third-order valence-electron chi connectivity index (χ3n) is 2.95. The van der Waals surface area contributed by atoms with E-state index in [9.17, 15) is 9.90 Å². The van der Waals surface area contributed by atoms with Crippen molar-refractivity contribution in [2.75, 3.05) is 11.9 Å². The van der Waals surface area contributed by atoms with Crippen molar-refractivity contribution in [1.82, 2.24) is 4.98 Å². The van der Waals surface area contributed by atoms with Crippen LogP contribution in [0.3, 0.4) is 0 Å². The van der Waals surface area contributed by atoms with Crippen LogP contribution in [0.25, 0.3) is 0 Å². The molecule has 104 valence electrons. The maximum Gasteiger partial charge on any atom is 0.250 e. The first-order valence-corrected chi connectivity index (χ1v) is 6.36. The first kappa shape index (κ1) is 14.0. The van der Waals surface area contributed by atoms with Crippen molar-refractivity contribution in [3.05, 3.63) is 59.8 Å². The Labute approximate surface area is 117 Å². The van der Waals surface area contributed by atoms with Gasteiger partial charge in [0.15, 0.2) is 0 Å². The lowest BCUT2D eigenvalue weighted by Crippen LogP contribution is -2.27. The van der Waals surface area contributed by atoms with E-state index in [1.165, 1.54) is 6.20 Å². The normalized spacial score (nSPS) is 11.8. The number of aliphatic hydroxyl groups excluding tert-OH is 1. The van der Waals surface area contributed by atoms with Crippen LogP contribution in [0, 0.1) is 0 Å². The maximum atomic E-state index is 11.0. The Morgan fingerprint density at radius 1 is 1.25 bits per heavy atom. The SMILES string of the molecule is NC(=O)c1ccc(NC(CO)Cc2ccccc2)nc1. The van der Waals surface area contributed by atoms with Crippen molar-refractivity contribution >= 4 is 11.7 Å². The van der Waals surface area contributed by atoms with Crippen molar-refractivity contribution < 1.29 is 9.90 Å². The highest BCUT2D eigenvalue weighted by Gasteiger charge is 2.09. The number of carbonyl (C=O) groups excluding carboxylic acids is 1. The summed E-state index contributed by atoms with van der Waals surface area (Å²) in [4.78, 5) is 15.1. The summed E-state index contributed by atoms with van der Waals surface area (Å²) in [5.41, 5.74) is 6.65. The molecule has 1 aromatic heterocycles. The van der Waals surface area contributed by atoms with E-state index >= 15 is 0 Å². The molecule has 0 saturated heterocycles. The van der Waals surface area contributed by atoms with Crippen LogP contribution in [0.1, 0.15) is 15.9 Å². The predicted octanol–water partition coefficient (Wildman–Crippen LogP) is 1.20. The number of nitrogens with two attached hydrogens (primary N) is 1. The molecule has 1 heterocycles. The molecule has 2 aromatic rings. The second kappa shape index (κ2) is 6.68. The second-order valence-electron chi connectivity index (χ2n) is 4.51. The number of nitrogens with zero attached hydrogens (tertiary/aromatic N) is 1. The molecule has 4 N–H and O–H groups in total. The lowest BCUT2D eigenvalue weighted by molar-refractivity contribution is 0.1000. The zero-order valence-corrected chi connectivity index (χ0v) is 11.0. The molecule has 2 rings (SSSR count). The molecule has 20 heavy (non-hydrogen) atoms. The van der Waals surface area contributed by atoms with Crippen molar-refractivity contribution in [2.45, 2.75) is 12.5 Å². The second-order valence-corrected chi connectivity index (χ2v) is 4.51. The van der Waals surface area contributed by atoms with Gasteiger partial charge in [0.25, 0.3) is 0 Å². The molecule has 0 aliphatic carbocycles. The zero-order valence-electron chi connectivity index (χ0n) is 11.0. The summed E-state index contributed by atoms with van der Waals surface area (Å²) >= 11 is 0. The molecule has 0 aliphatic heterocycles. The van der Waals surface area contributed by atoms with Crippen molar-refractivity contribution in [3.8, 4) is 0 Å². The number of benzene rings is 1. The Hall–Kier alpha value is -2.40. The van der Waals surface area contributed by atoms with Crippen LogP contribution in [0.15, 0.2) is 48.7 Å². The van der Waals surface area contributed by atoms with E-state index in [0.717, 1.165) is 5.56 Å². The molecular formula is C15H17N3O2. The molecule has 1 aromatic carbocycles. The third-order valence-corrected chi connectivity index (χ3v) is 2.95. The van der Waals surface area contributed by atoms with E-state index in [1.807, 2.05) is 30.3 Å². The molecule has 0 saturated carbocycles. The van der Waals surface area contributed by atoms with Crippen molar-refractivity contribution in [3.63, 3.8) is 0 Å².